The molecule has 0 saturated carbocycles. The molecule has 7 aliphatic rings. The smallest absolute Gasteiger partial charge is 0.401 e. The predicted molar refractivity (Wildman–Crippen MR) is 431 cm³/mol. The number of fused-ring (bicyclic) bond motifs is 13. The van der Waals surface area contributed by atoms with E-state index in [1.54, 1.807) is 12.1 Å². The lowest BCUT2D eigenvalue weighted by atomic mass is 9.88. The maximum Gasteiger partial charge on any atom is 0.401 e. The Morgan fingerprint density at radius 1 is 0.369 bits per heavy atom. The van der Waals surface area contributed by atoms with Crippen molar-refractivity contribution in [1.29, 1.82) is 0 Å². The summed E-state index contributed by atoms with van der Waals surface area (Å²) >= 11 is 0. The quantitative estimate of drug-likeness (QED) is 0.0371. The topological polar surface area (TPSA) is 301 Å². The minimum absolute atomic E-state index is 0. The van der Waals surface area contributed by atoms with Crippen LogP contribution in [0.15, 0.2) is 121 Å². The van der Waals surface area contributed by atoms with Crippen LogP contribution in [0.25, 0.3) is 55.6 Å². The summed E-state index contributed by atoms with van der Waals surface area (Å²) in [6, 6.07) is 23.0. The number of rotatable bonds is 19. The number of ether oxygens (including phenoxy) is 5. The van der Waals surface area contributed by atoms with Gasteiger partial charge in [-0.1, -0.05) is 7.43 Å². The third kappa shape index (κ3) is 23.0. The van der Waals surface area contributed by atoms with Crippen LogP contribution in [0.5, 0.6) is 17.6 Å². The van der Waals surface area contributed by atoms with E-state index >= 15 is 0 Å². The second-order valence-corrected chi connectivity index (χ2v) is 31.1. The summed E-state index contributed by atoms with van der Waals surface area (Å²) in [6.45, 7) is -0.756. The van der Waals surface area contributed by atoms with E-state index in [9.17, 15) is 107 Å². The molecule has 10 aromatic rings. The Morgan fingerprint density at radius 2 is 0.646 bits per heavy atom. The van der Waals surface area contributed by atoms with Gasteiger partial charge in [-0.3, -0.25) is 28.9 Å². The van der Waals surface area contributed by atoms with E-state index in [1.807, 2.05) is 0 Å². The number of ketones is 2. The number of amides is 3. The van der Waals surface area contributed by atoms with E-state index in [4.69, 9.17) is 40.9 Å². The number of aromatic nitrogens is 5. The van der Waals surface area contributed by atoms with E-state index in [-0.39, 0.29) is 154 Å². The van der Waals surface area contributed by atoms with E-state index < -0.39 is 132 Å². The van der Waals surface area contributed by atoms with Gasteiger partial charge in [-0.15, -0.1) is 0 Å². The second-order valence-electron chi connectivity index (χ2n) is 31.1. The number of hydrogen-bond acceptors (Lipinski definition) is 18. The molecule has 0 unspecified atom stereocenters. The maximum absolute atomic E-state index is 14.3. The fourth-order valence-electron chi connectivity index (χ4n) is 16.0. The Hall–Kier alpha value is -12.5. The lowest BCUT2D eigenvalue weighted by Gasteiger charge is -2.30. The highest BCUT2D eigenvalue weighted by Gasteiger charge is 2.45. The molecule has 8 N–H and O–H groups in total. The molecule has 0 radical (unpaired) electrons. The summed E-state index contributed by atoms with van der Waals surface area (Å²) in [5.41, 5.74) is 23.1. The van der Waals surface area contributed by atoms with Gasteiger partial charge in [0.05, 0.1) is 43.2 Å². The SMILES string of the molecule is C.CC(=O)c1cc(-c2ccc(F)cc2F)c2c(n1)[C@@H]1CC[C@H]2O1.CC(=O)c1cc(-c2ccc(F)cc2F)c2c(n1)[C@H]1CC[C@@H]2O1.CN(C[C@H]1CCc2c(-c3ccc(F)cc3F)cc(C(N)=O)nc2O1)CC(F)(F)F.NC(=O)c1cc(-c2ccc(F)cc2F)c2c(n1)O[C@@H](CNCC(F)(F)F)CC2.NC(=O)c1cc(-c2ccc(F)cc2F)c2c(n1)O[C@H](CNCC(F)(F)F)CC2. The van der Waals surface area contributed by atoms with E-state index in [0.717, 1.165) is 83.4 Å². The van der Waals surface area contributed by atoms with Crippen molar-refractivity contribution in [3.05, 3.63) is 247 Å². The number of nitrogens with zero attached hydrogens (tertiary/aromatic N) is 6. The number of pyridine rings is 5. The zero-order chi connectivity index (χ0) is 93.2. The Balaban J connectivity index is 0.000000147. The van der Waals surface area contributed by atoms with Gasteiger partial charge in [-0.25, -0.2) is 68.8 Å². The maximum atomic E-state index is 14.3. The van der Waals surface area contributed by atoms with Crippen molar-refractivity contribution in [2.24, 2.45) is 17.2 Å². The molecule has 130 heavy (non-hydrogen) atoms. The molecule has 7 atom stereocenters. The van der Waals surface area contributed by atoms with Crippen LogP contribution >= 0.6 is 0 Å². The van der Waals surface area contributed by atoms with Crippen molar-refractivity contribution in [2.75, 3.05) is 46.3 Å². The second kappa shape index (κ2) is 39.8. The largest absolute Gasteiger partial charge is 0.473 e. The first-order valence-corrected chi connectivity index (χ1v) is 39.9. The molecular formula is C90H80F19N11O10. The normalized spacial score (nSPS) is 18.2. The van der Waals surface area contributed by atoms with Crippen molar-refractivity contribution in [1.82, 2.24) is 40.5 Å². The van der Waals surface area contributed by atoms with Gasteiger partial charge in [0.2, 0.25) is 17.6 Å². The van der Waals surface area contributed by atoms with Gasteiger partial charge < -0.3 is 51.5 Å². The van der Waals surface area contributed by atoms with Gasteiger partial charge in [-0.2, -0.15) is 39.5 Å². The summed E-state index contributed by atoms with van der Waals surface area (Å²) in [5, 5.41) is 4.51. The van der Waals surface area contributed by atoms with Gasteiger partial charge in [0.25, 0.3) is 17.7 Å². The zero-order valence-electron chi connectivity index (χ0n) is 68.1. The third-order valence-corrected chi connectivity index (χ3v) is 21.7. The molecule has 4 bridgehead atoms. The minimum Gasteiger partial charge on any atom is -0.473 e. The van der Waals surface area contributed by atoms with Crippen LogP contribution in [0, 0.1) is 58.2 Å². The number of nitrogens with two attached hydrogens (primary N) is 3. The fraction of sp³-hybridized carbons (Fsp3) is 0.333. The molecule has 40 heteroatoms. The first kappa shape index (κ1) is 96.5. The van der Waals surface area contributed by atoms with Crippen molar-refractivity contribution in [2.45, 2.75) is 147 Å². The average Bonchev–Trinajstić information content (AvgIpc) is 1.56. The standard InChI is InChI=1S/C19H18F5N3O2.2C18H16F5N3O2.2C17H13F2NO2.CH4/c1-27(9-19(22,23)24)8-11-3-5-13-14(12-4-2-10(20)6-15(12)21)7-16(17(25)28)26-18(13)29-11;2*19-9-1-3-11(14(20)5-9)13-6-15(16(24)27)26-17-12(13)4-2-10(28-17)7-25-8-18(21,22)23;2*1-8(21)13-7-11(10-3-2-9(18)6-12(10)19)16-14-4-5-15(22-14)17(16)20-13;/h2,4,6-7,11H,3,5,8-9H2,1H3,(H2,25,28);2*1,3,5-6,10,25H,2,4,7-8H2,(H2,24,27);2*2-3,6-7,14-15H,4-5H2,1H3;1H4/t11-;2*10-;2*14-,15+;/m11010./s1. The Bertz CT molecular complexity index is 5720. The molecule has 3 amide bonds. The van der Waals surface area contributed by atoms with Crippen LogP contribution in [-0.2, 0) is 28.7 Å². The minimum atomic E-state index is -4.35. The number of hydrogen-bond donors (Lipinski definition) is 5. The number of carbonyl (C=O) groups excluding carboxylic acids is 5. The zero-order valence-corrected chi connectivity index (χ0v) is 68.1. The lowest BCUT2D eigenvalue weighted by Crippen LogP contribution is -2.40. The first-order chi connectivity index (χ1) is 60.9. The van der Waals surface area contributed by atoms with Crippen LogP contribution in [0.3, 0.4) is 0 Å². The van der Waals surface area contributed by atoms with Crippen molar-refractivity contribution >= 4 is 29.3 Å². The van der Waals surface area contributed by atoms with Gasteiger partial charge in [-0.05, 0) is 190 Å². The predicted octanol–water partition coefficient (Wildman–Crippen LogP) is 18.2. The molecular weight excluding hydrogens is 1760 g/mol. The molecule has 17 rings (SSSR count). The van der Waals surface area contributed by atoms with Crippen molar-refractivity contribution < 1.29 is 131 Å². The number of benzene rings is 5. The van der Waals surface area contributed by atoms with Gasteiger partial charge >= 0.3 is 18.5 Å². The van der Waals surface area contributed by atoms with Crippen LogP contribution < -0.4 is 42.0 Å². The number of halogens is 19. The molecule has 5 aromatic carbocycles. The van der Waals surface area contributed by atoms with Crippen LogP contribution in [0.4, 0.5) is 83.4 Å². The van der Waals surface area contributed by atoms with Crippen molar-refractivity contribution in [3.8, 4) is 73.3 Å². The molecule has 12 heterocycles. The number of carbonyl (C=O) groups is 5. The molecule has 2 saturated heterocycles. The Morgan fingerprint density at radius 3 is 0.923 bits per heavy atom. The summed E-state index contributed by atoms with van der Waals surface area (Å²) in [4.78, 5) is 80.2. The van der Waals surface area contributed by atoms with E-state index in [2.05, 4.69) is 35.6 Å². The highest BCUT2D eigenvalue weighted by Crippen LogP contribution is 2.55. The number of Topliss-reactive ketones (excluding diaryl/α,β-unsaturated/α-hetero) is 2. The molecule has 5 aromatic heterocycles. The lowest BCUT2D eigenvalue weighted by molar-refractivity contribution is -0.145. The molecule has 0 spiro atoms. The van der Waals surface area contributed by atoms with Crippen molar-refractivity contribution in [3.63, 3.8) is 0 Å². The van der Waals surface area contributed by atoms with Gasteiger partial charge in [0.15, 0.2) is 11.6 Å². The summed E-state index contributed by atoms with van der Waals surface area (Å²) < 4.78 is 277. The highest BCUT2D eigenvalue weighted by molar-refractivity contribution is 5.96. The average molecular weight is 1840 g/mol. The number of nitrogens with one attached hydrogen (secondary N) is 2. The molecule has 2 fully saturated rings. The third-order valence-electron chi connectivity index (χ3n) is 21.7. The number of primary amides is 3. The molecule has 688 valence electrons. The molecule has 7 aliphatic heterocycles. The fourth-order valence-corrected chi connectivity index (χ4v) is 16.0. The Kier molecular flexibility index (Phi) is 29.6. The number of likely N-dealkylation sites (N-methyl/N-ethyl adjacent to an activating group) is 1. The molecule has 0 aliphatic carbocycles. The number of alkyl halides is 9. The summed E-state index contributed by atoms with van der Waals surface area (Å²) in [5.74, 6) is -10.3. The van der Waals surface area contributed by atoms with E-state index in [1.165, 1.54) is 81.6 Å². The van der Waals surface area contributed by atoms with Crippen LogP contribution in [0.1, 0.15) is 182 Å². The van der Waals surface area contributed by atoms with E-state index in [0.29, 0.717) is 84.5 Å². The Labute approximate surface area is 728 Å². The summed E-state index contributed by atoms with van der Waals surface area (Å²) in [6.07, 6.45) is -9.87. The highest BCUT2D eigenvalue weighted by atomic mass is 19.4. The van der Waals surface area contributed by atoms with Gasteiger partial charge in [0.1, 0.15) is 117 Å². The van der Waals surface area contributed by atoms with Gasteiger partial charge in [0, 0.05) is 119 Å². The monoisotopic (exact) mass is 1840 g/mol. The van der Waals surface area contributed by atoms with Crippen LogP contribution in [0.2, 0.25) is 0 Å². The first-order valence-electron chi connectivity index (χ1n) is 39.9. The summed E-state index contributed by atoms with van der Waals surface area (Å²) in [7, 11) is 1.32. The molecule has 21 nitrogen and oxygen atoms in total. The van der Waals surface area contributed by atoms with Crippen LogP contribution in [-0.4, -0.2) is 142 Å².